The highest BCUT2D eigenvalue weighted by Crippen LogP contribution is 2.29. The van der Waals surface area contributed by atoms with Crippen molar-refractivity contribution in [3.05, 3.63) is 39.8 Å². The van der Waals surface area contributed by atoms with E-state index in [4.69, 9.17) is 10.3 Å². The Morgan fingerprint density at radius 1 is 1.47 bits per heavy atom. The number of benzene rings is 1. The van der Waals surface area contributed by atoms with Crippen LogP contribution in [0.25, 0.3) is 10.4 Å². The molecule has 1 aliphatic heterocycles. The highest BCUT2D eigenvalue weighted by Gasteiger charge is 2.23. The summed E-state index contributed by atoms with van der Waals surface area (Å²) in [5.74, 6) is 0.403. The molecule has 1 aromatic carbocycles. The summed E-state index contributed by atoms with van der Waals surface area (Å²) in [6, 6.07) is 4.64. The zero-order valence-electron chi connectivity index (χ0n) is 10.1. The van der Waals surface area contributed by atoms with Crippen molar-refractivity contribution in [1.82, 2.24) is 0 Å². The third-order valence-electron chi connectivity index (χ3n) is 2.93. The molecular formula is C12H13N3O4. The first-order chi connectivity index (χ1) is 9.13. The van der Waals surface area contributed by atoms with Crippen LogP contribution in [-0.4, -0.2) is 35.3 Å². The minimum absolute atomic E-state index is 0.00285. The fourth-order valence-corrected chi connectivity index (χ4v) is 1.90. The number of nitrogens with zero attached hydrogens (tertiary/aromatic N) is 3. The molecule has 0 amide bonds. The van der Waals surface area contributed by atoms with Gasteiger partial charge in [0.25, 0.3) is 0 Å². The van der Waals surface area contributed by atoms with Crippen molar-refractivity contribution >= 4 is 5.78 Å². The van der Waals surface area contributed by atoms with Crippen molar-refractivity contribution in [2.75, 3.05) is 13.2 Å². The summed E-state index contributed by atoms with van der Waals surface area (Å²) in [5, 5.41) is 22.7. The second kappa shape index (κ2) is 5.71. The van der Waals surface area contributed by atoms with Crippen LogP contribution < -0.4 is 4.74 Å². The number of ether oxygens (including phenoxy) is 1. The molecule has 0 saturated heterocycles. The van der Waals surface area contributed by atoms with Gasteiger partial charge in [-0.05, 0) is 23.2 Å². The first-order valence-electron chi connectivity index (χ1n) is 5.80. The van der Waals surface area contributed by atoms with Gasteiger partial charge in [0.1, 0.15) is 11.9 Å². The van der Waals surface area contributed by atoms with Crippen LogP contribution in [0, 0.1) is 0 Å². The fourth-order valence-electron chi connectivity index (χ4n) is 1.90. The summed E-state index contributed by atoms with van der Waals surface area (Å²) in [5.41, 5.74) is 9.05. The molecule has 7 nitrogen and oxygen atoms in total. The smallest absolute Gasteiger partial charge is 0.169 e. The fraction of sp³-hybridized carbons (Fsp3) is 0.417. The van der Waals surface area contributed by atoms with Gasteiger partial charge in [0, 0.05) is 11.3 Å². The number of azide groups is 1. The number of aliphatic hydroxyl groups excluding tert-OH is 2. The summed E-state index contributed by atoms with van der Waals surface area (Å²) in [4.78, 5) is 14.1. The Kier molecular flexibility index (Phi) is 4.01. The third-order valence-corrected chi connectivity index (χ3v) is 2.93. The third kappa shape index (κ3) is 2.85. The van der Waals surface area contributed by atoms with Crippen molar-refractivity contribution in [2.45, 2.75) is 18.6 Å². The van der Waals surface area contributed by atoms with Crippen LogP contribution in [0.1, 0.15) is 28.4 Å². The number of ketones is 1. The van der Waals surface area contributed by atoms with Crippen LogP contribution in [0.3, 0.4) is 0 Å². The molecule has 0 fully saturated rings. The molecule has 0 aliphatic carbocycles. The van der Waals surface area contributed by atoms with Crippen molar-refractivity contribution < 1.29 is 19.7 Å². The molecule has 2 N–H and O–H groups in total. The van der Waals surface area contributed by atoms with Gasteiger partial charge in [-0.1, -0.05) is 11.2 Å². The van der Waals surface area contributed by atoms with E-state index in [2.05, 4.69) is 10.0 Å². The molecule has 19 heavy (non-hydrogen) atoms. The van der Waals surface area contributed by atoms with Crippen molar-refractivity contribution in [2.24, 2.45) is 5.11 Å². The van der Waals surface area contributed by atoms with E-state index in [1.54, 1.807) is 12.1 Å². The lowest BCUT2D eigenvalue weighted by atomic mass is 9.98. The second-order valence-corrected chi connectivity index (χ2v) is 4.20. The number of rotatable bonds is 4. The van der Waals surface area contributed by atoms with E-state index in [9.17, 15) is 15.0 Å². The van der Waals surface area contributed by atoms with Crippen LogP contribution >= 0.6 is 0 Å². The average Bonchev–Trinajstić information content (AvgIpc) is 2.43. The van der Waals surface area contributed by atoms with Crippen molar-refractivity contribution in [3.8, 4) is 5.75 Å². The molecule has 2 atom stereocenters. The lowest BCUT2D eigenvalue weighted by molar-refractivity contribution is 0.0242. The molecule has 7 heteroatoms. The molecule has 0 aromatic heterocycles. The van der Waals surface area contributed by atoms with E-state index in [-0.39, 0.29) is 12.3 Å². The minimum Gasteiger partial charge on any atom is -0.492 e. The average molecular weight is 263 g/mol. The highest BCUT2D eigenvalue weighted by molar-refractivity contribution is 5.99. The molecule has 0 saturated carbocycles. The van der Waals surface area contributed by atoms with Gasteiger partial charge < -0.3 is 14.9 Å². The Hall–Kier alpha value is -2.08. The van der Waals surface area contributed by atoms with E-state index in [0.29, 0.717) is 29.9 Å². The normalized spacial score (nSPS) is 16.8. The maximum absolute atomic E-state index is 11.6. The van der Waals surface area contributed by atoms with Gasteiger partial charge in [0.05, 0.1) is 24.8 Å². The first kappa shape index (κ1) is 13.4. The van der Waals surface area contributed by atoms with Gasteiger partial charge in [-0.3, -0.25) is 4.79 Å². The molecular weight excluding hydrogens is 250 g/mol. The van der Waals surface area contributed by atoms with Crippen LogP contribution in [-0.2, 0) is 0 Å². The molecule has 1 heterocycles. The number of hydrogen-bond donors (Lipinski definition) is 2. The Morgan fingerprint density at radius 2 is 2.26 bits per heavy atom. The maximum Gasteiger partial charge on any atom is 0.169 e. The maximum atomic E-state index is 11.6. The number of fused-ring (bicyclic) bond motifs is 1. The van der Waals surface area contributed by atoms with E-state index in [1.807, 2.05) is 0 Å². The van der Waals surface area contributed by atoms with Crippen LogP contribution in [0.15, 0.2) is 23.3 Å². The monoisotopic (exact) mass is 263 g/mol. The van der Waals surface area contributed by atoms with Gasteiger partial charge in [-0.25, -0.2) is 0 Å². The molecule has 0 spiro atoms. The lowest BCUT2D eigenvalue weighted by Gasteiger charge is -2.20. The summed E-state index contributed by atoms with van der Waals surface area (Å²) in [7, 11) is 0. The number of hydrogen-bond acceptors (Lipinski definition) is 5. The molecule has 0 bridgehead atoms. The zero-order valence-corrected chi connectivity index (χ0v) is 10.1. The summed E-state index contributed by atoms with van der Waals surface area (Å²) in [6.45, 7) is 0.0845. The lowest BCUT2D eigenvalue weighted by Crippen LogP contribution is -2.22. The van der Waals surface area contributed by atoms with Crippen LogP contribution in [0.5, 0.6) is 5.75 Å². The number of carbonyl (C=O) groups excluding carboxylic acids is 1. The topological polar surface area (TPSA) is 116 Å². The standard InChI is InChI=1S/C12H13N3O4/c13-15-14-6-10(17)12(18)7-1-2-8-9(16)3-4-19-11(8)5-7/h1-2,5,10,12,17-18H,3-4,6H2. The first-order valence-corrected chi connectivity index (χ1v) is 5.80. The Bertz CT molecular complexity index is 540. The van der Waals surface area contributed by atoms with Gasteiger partial charge >= 0.3 is 0 Å². The Labute approximate surface area is 109 Å². The van der Waals surface area contributed by atoms with E-state index in [0.717, 1.165) is 0 Å². The summed E-state index contributed by atoms with van der Waals surface area (Å²) >= 11 is 0. The second-order valence-electron chi connectivity index (χ2n) is 4.20. The van der Waals surface area contributed by atoms with E-state index >= 15 is 0 Å². The SMILES string of the molecule is [N-]=[N+]=NCC(O)C(O)c1ccc2c(c1)OCCC2=O. The molecule has 1 aromatic rings. The summed E-state index contributed by atoms with van der Waals surface area (Å²) < 4.78 is 5.35. The van der Waals surface area contributed by atoms with Gasteiger partial charge in [-0.15, -0.1) is 0 Å². The van der Waals surface area contributed by atoms with E-state index < -0.39 is 12.2 Å². The summed E-state index contributed by atoms with van der Waals surface area (Å²) in [6.07, 6.45) is -2.06. The molecule has 2 rings (SSSR count). The zero-order chi connectivity index (χ0) is 13.8. The number of Topliss-reactive ketones (excluding diaryl/α,β-unsaturated/α-hetero) is 1. The number of carbonyl (C=O) groups is 1. The number of aliphatic hydroxyl groups is 2. The van der Waals surface area contributed by atoms with E-state index in [1.165, 1.54) is 6.07 Å². The van der Waals surface area contributed by atoms with Crippen molar-refractivity contribution in [1.29, 1.82) is 0 Å². The largest absolute Gasteiger partial charge is 0.492 e. The van der Waals surface area contributed by atoms with Gasteiger partial charge in [-0.2, -0.15) is 0 Å². The molecule has 100 valence electrons. The van der Waals surface area contributed by atoms with Gasteiger partial charge in [0.15, 0.2) is 5.78 Å². The Morgan fingerprint density at radius 3 is 3.00 bits per heavy atom. The predicted molar refractivity (Wildman–Crippen MR) is 65.9 cm³/mol. The van der Waals surface area contributed by atoms with Crippen LogP contribution in [0.4, 0.5) is 0 Å². The van der Waals surface area contributed by atoms with Crippen LogP contribution in [0.2, 0.25) is 0 Å². The van der Waals surface area contributed by atoms with Crippen molar-refractivity contribution in [3.63, 3.8) is 0 Å². The quantitative estimate of drug-likeness (QED) is 0.484. The predicted octanol–water partition coefficient (Wildman–Crippen LogP) is 1.36. The minimum atomic E-state index is -1.20. The molecule has 0 radical (unpaired) electrons. The van der Waals surface area contributed by atoms with Gasteiger partial charge in [0.2, 0.25) is 0 Å². The Balaban J connectivity index is 2.21. The molecule has 2 unspecified atom stereocenters. The molecule has 1 aliphatic rings. The highest BCUT2D eigenvalue weighted by atomic mass is 16.5.